The highest BCUT2D eigenvalue weighted by molar-refractivity contribution is 7.15. The number of nitrogens with one attached hydrogen (secondary N) is 1. The lowest BCUT2D eigenvalue weighted by atomic mass is 10.4. The summed E-state index contributed by atoms with van der Waals surface area (Å²) in [6.07, 6.45) is 0.619. The maximum atomic E-state index is 11.7. The molecular weight excluding hydrogens is 286 g/mol. The zero-order valence-electron chi connectivity index (χ0n) is 10.0. The van der Waals surface area contributed by atoms with Crippen LogP contribution < -0.4 is 5.32 Å². The van der Waals surface area contributed by atoms with E-state index < -0.39 is 5.97 Å². The quantitative estimate of drug-likeness (QED) is 0.874. The van der Waals surface area contributed by atoms with E-state index in [-0.39, 0.29) is 10.8 Å². The van der Waals surface area contributed by atoms with E-state index in [1.165, 1.54) is 23.5 Å². The van der Waals surface area contributed by atoms with E-state index in [0.717, 1.165) is 21.4 Å². The number of thiophene rings is 1. The topological polar surface area (TPSA) is 92.2 Å². The van der Waals surface area contributed by atoms with Gasteiger partial charge in [-0.3, -0.25) is 4.79 Å². The molecule has 19 heavy (non-hydrogen) atoms. The third-order valence-electron chi connectivity index (χ3n) is 2.23. The minimum Gasteiger partial charge on any atom is -0.477 e. The summed E-state index contributed by atoms with van der Waals surface area (Å²) in [6.45, 7) is 2.33. The molecule has 2 aromatic heterocycles. The average Bonchev–Trinajstić information content (AvgIpc) is 2.98. The Kier molecular flexibility index (Phi) is 4.23. The maximum absolute atomic E-state index is 11.7. The predicted molar refractivity (Wildman–Crippen MR) is 72.0 cm³/mol. The molecule has 2 N–H and O–H groups in total. The molecule has 2 aromatic rings. The first-order chi connectivity index (χ1) is 9.06. The minimum absolute atomic E-state index is 0.157. The highest BCUT2D eigenvalue weighted by Crippen LogP contribution is 2.16. The standard InChI is InChI=1S/C11H11N3O3S2/c1-6-13-14-9(18-6)4-5-12-10(15)7-2-3-8(19-7)11(16)17/h2-3H,4-5H2,1H3,(H,12,15)(H,16,17). The smallest absolute Gasteiger partial charge is 0.345 e. The van der Waals surface area contributed by atoms with Crippen molar-refractivity contribution in [3.05, 3.63) is 31.9 Å². The first kappa shape index (κ1) is 13.6. The summed E-state index contributed by atoms with van der Waals surface area (Å²) in [4.78, 5) is 23.0. The van der Waals surface area contributed by atoms with Crippen LogP contribution in [0.4, 0.5) is 0 Å². The first-order valence-electron chi connectivity index (χ1n) is 5.46. The highest BCUT2D eigenvalue weighted by Gasteiger charge is 2.12. The third kappa shape index (κ3) is 3.58. The van der Waals surface area contributed by atoms with Crippen LogP contribution in [0.3, 0.4) is 0 Å². The van der Waals surface area contributed by atoms with Gasteiger partial charge >= 0.3 is 5.97 Å². The minimum atomic E-state index is -1.02. The van der Waals surface area contributed by atoms with Crippen molar-refractivity contribution in [3.63, 3.8) is 0 Å². The Balaban J connectivity index is 1.85. The first-order valence-corrected chi connectivity index (χ1v) is 7.10. The normalized spacial score (nSPS) is 10.4. The van der Waals surface area contributed by atoms with Gasteiger partial charge in [0.15, 0.2) is 0 Å². The van der Waals surface area contributed by atoms with Gasteiger partial charge in [0.05, 0.1) is 4.88 Å². The Labute approximate surface area is 117 Å². The molecule has 0 atom stereocenters. The average molecular weight is 297 g/mol. The van der Waals surface area contributed by atoms with E-state index in [1.807, 2.05) is 6.92 Å². The molecule has 0 radical (unpaired) electrons. The van der Waals surface area contributed by atoms with Crippen LogP contribution in [0.15, 0.2) is 12.1 Å². The number of carbonyl (C=O) groups is 2. The van der Waals surface area contributed by atoms with Crippen LogP contribution in [0.5, 0.6) is 0 Å². The molecule has 0 unspecified atom stereocenters. The molecule has 1 amide bonds. The van der Waals surface area contributed by atoms with Crippen molar-refractivity contribution < 1.29 is 14.7 Å². The van der Waals surface area contributed by atoms with Crippen LogP contribution in [0, 0.1) is 6.92 Å². The van der Waals surface area contributed by atoms with E-state index in [2.05, 4.69) is 15.5 Å². The number of nitrogens with zero attached hydrogens (tertiary/aromatic N) is 2. The number of aryl methyl sites for hydroxylation is 1. The van der Waals surface area contributed by atoms with E-state index in [4.69, 9.17) is 5.11 Å². The highest BCUT2D eigenvalue weighted by atomic mass is 32.1. The summed E-state index contributed by atoms with van der Waals surface area (Å²) < 4.78 is 0. The molecule has 0 aliphatic rings. The lowest BCUT2D eigenvalue weighted by molar-refractivity contribution is 0.0702. The Morgan fingerprint density at radius 2 is 2.00 bits per heavy atom. The number of carboxylic acids is 1. The van der Waals surface area contributed by atoms with Gasteiger partial charge in [-0.15, -0.1) is 32.9 Å². The van der Waals surface area contributed by atoms with E-state index in [1.54, 1.807) is 0 Å². The molecule has 0 aliphatic heterocycles. The van der Waals surface area contributed by atoms with Crippen molar-refractivity contribution in [2.45, 2.75) is 13.3 Å². The monoisotopic (exact) mass is 297 g/mol. The molecule has 6 nitrogen and oxygen atoms in total. The summed E-state index contributed by atoms with van der Waals surface area (Å²) in [6, 6.07) is 2.94. The zero-order valence-corrected chi connectivity index (χ0v) is 11.7. The molecule has 0 saturated carbocycles. The Bertz CT molecular complexity index is 606. The number of hydrogen-bond donors (Lipinski definition) is 2. The van der Waals surface area contributed by atoms with Crippen LogP contribution in [-0.4, -0.2) is 33.7 Å². The summed E-state index contributed by atoms with van der Waals surface area (Å²) in [7, 11) is 0. The second kappa shape index (κ2) is 5.89. The fourth-order valence-electron chi connectivity index (χ4n) is 1.38. The van der Waals surface area contributed by atoms with Gasteiger partial charge in [-0.1, -0.05) is 0 Å². The van der Waals surface area contributed by atoms with Crippen molar-refractivity contribution in [2.75, 3.05) is 6.54 Å². The molecule has 0 saturated heterocycles. The van der Waals surface area contributed by atoms with Gasteiger partial charge in [-0.2, -0.15) is 0 Å². The largest absolute Gasteiger partial charge is 0.477 e. The fourth-order valence-corrected chi connectivity index (χ4v) is 2.85. The Morgan fingerprint density at radius 1 is 1.26 bits per heavy atom. The maximum Gasteiger partial charge on any atom is 0.345 e. The van der Waals surface area contributed by atoms with Gasteiger partial charge in [-0.25, -0.2) is 4.79 Å². The fraction of sp³-hybridized carbons (Fsp3) is 0.273. The molecule has 8 heteroatoms. The van der Waals surface area contributed by atoms with Crippen molar-refractivity contribution in [2.24, 2.45) is 0 Å². The molecular formula is C11H11N3O3S2. The van der Waals surface area contributed by atoms with Crippen LogP contribution in [-0.2, 0) is 6.42 Å². The van der Waals surface area contributed by atoms with E-state index in [9.17, 15) is 9.59 Å². The molecule has 2 rings (SSSR count). The summed E-state index contributed by atoms with van der Waals surface area (Å²) in [5, 5.41) is 21.1. The van der Waals surface area contributed by atoms with Crippen molar-refractivity contribution in [3.8, 4) is 0 Å². The van der Waals surface area contributed by atoms with Gasteiger partial charge in [0.2, 0.25) is 0 Å². The summed E-state index contributed by atoms with van der Waals surface area (Å²) >= 11 is 2.46. The van der Waals surface area contributed by atoms with Gasteiger partial charge in [0.1, 0.15) is 14.9 Å². The Hall–Kier alpha value is -1.80. The number of hydrogen-bond acceptors (Lipinski definition) is 6. The van der Waals surface area contributed by atoms with Crippen molar-refractivity contribution in [1.82, 2.24) is 15.5 Å². The number of rotatable bonds is 5. The number of amides is 1. The number of carbonyl (C=O) groups excluding carboxylic acids is 1. The summed E-state index contributed by atoms with van der Waals surface area (Å²) in [5.74, 6) is -1.29. The molecule has 2 heterocycles. The van der Waals surface area contributed by atoms with E-state index >= 15 is 0 Å². The zero-order chi connectivity index (χ0) is 13.8. The molecule has 0 bridgehead atoms. The predicted octanol–water partition coefficient (Wildman–Crippen LogP) is 1.58. The molecule has 100 valence electrons. The number of aromatic nitrogens is 2. The SMILES string of the molecule is Cc1nnc(CCNC(=O)c2ccc(C(=O)O)s2)s1. The van der Waals surface area contributed by atoms with Gasteiger partial charge in [0.25, 0.3) is 5.91 Å². The second-order valence-corrected chi connectivity index (χ2v) is 6.04. The Morgan fingerprint density at radius 3 is 2.58 bits per heavy atom. The van der Waals surface area contributed by atoms with E-state index in [0.29, 0.717) is 17.8 Å². The van der Waals surface area contributed by atoms with Crippen LogP contribution in [0.2, 0.25) is 0 Å². The van der Waals surface area contributed by atoms with Crippen LogP contribution >= 0.6 is 22.7 Å². The molecule has 0 aromatic carbocycles. The number of aromatic carboxylic acids is 1. The molecule has 0 spiro atoms. The van der Waals surface area contributed by atoms with Crippen LogP contribution in [0.1, 0.15) is 29.4 Å². The van der Waals surface area contributed by atoms with Crippen LogP contribution in [0.25, 0.3) is 0 Å². The number of carboxylic acid groups (broad SMARTS) is 1. The van der Waals surface area contributed by atoms with Gasteiger partial charge in [-0.05, 0) is 19.1 Å². The lowest BCUT2D eigenvalue weighted by Gasteiger charge is -2.00. The molecule has 0 fully saturated rings. The second-order valence-electron chi connectivity index (χ2n) is 3.69. The van der Waals surface area contributed by atoms with Gasteiger partial charge < -0.3 is 10.4 Å². The van der Waals surface area contributed by atoms with Gasteiger partial charge in [0, 0.05) is 13.0 Å². The van der Waals surface area contributed by atoms with Crippen molar-refractivity contribution >= 4 is 34.6 Å². The third-order valence-corrected chi connectivity index (χ3v) is 4.20. The summed E-state index contributed by atoms with van der Waals surface area (Å²) in [5.41, 5.74) is 0. The van der Waals surface area contributed by atoms with Crippen molar-refractivity contribution in [1.29, 1.82) is 0 Å². The molecule has 0 aliphatic carbocycles. The lowest BCUT2D eigenvalue weighted by Crippen LogP contribution is -2.24.